The number of amides is 2. The molecule has 0 radical (unpaired) electrons. The van der Waals surface area contributed by atoms with Crippen LogP contribution >= 0.6 is 0 Å². The molecule has 0 fully saturated rings. The molecule has 126 valence electrons. The number of hydrogen-bond donors (Lipinski definition) is 2. The number of carbonyl (C=O) groups excluding carboxylic acids is 1. The van der Waals surface area contributed by atoms with E-state index in [1.54, 1.807) is 30.9 Å². The second-order valence-electron chi connectivity index (χ2n) is 6.03. The number of nitrogens with zero attached hydrogens (tertiary/aromatic N) is 4. The van der Waals surface area contributed by atoms with Crippen LogP contribution in [0.25, 0.3) is 5.95 Å². The van der Waals surface area contributed by atoms with Crippen molar-refractivity contribution in [1.29, 1.82) is 0 Å². The fraction of sp³-hybridized carbons (Fsp3) is 0.222. The molecule has 2 N–H and O–H groups in total. The molecule has 4 rings (SSSR count). The van der Waals surface area contributed by atoms with E-state index >= 15 is 0 Å². The standard InChI is InChI=1S/C18H18N6O/c25-18(22-15-7-6-13-4-1-2-5-14(13)10-15)23-16-11-21-24(12-16)17-19-8-3-9-20-17/h1-5,8-9,11-12,15H,6-7,10H2,(H2,22,23,25)/t15-/m0/s1. The summed E-state index contributed by atoms with van der Waals surface area (Å²) in [5, 5.41) is 10.0. The molecule has 1 aliphatic carbocycles. The van der Waals surface area contributed by atoms with Gasteiger partial charge in [-0.3, -0.25) is 0 Å². The number of carbonyl (C=O) groups is 1. The molecule has 0 unspecified atom stereocenters. The van der Waals surface area contributed by atoms with Crippen molar-refractivity contribution in [3.05, 3.63) is 66.2 Å². The normalized spacial score (nSPS) is 16.1. The zero-order valence-electron chi connectivity index (χ0n) is 13.6. The highest BCUT2D eigenvalue weighted by molar-refractivity contribution is 5.89. The maximum absolute atomic E-state index is 12.2. The molecule has 0 spiro atoms. The van der Waals surface area contributed by atoms with Gasteiger partial charge in [-0.1, -0.05) is 24.3 Å². The van der Waals surface area contributed by atoms with Gasteiger partial charge in [-0.25, -0.2) is 19.4 Å². The van der Waals surface area contributed by atoms with E-state index in [-0.39, 0.29) is 12.1 Å². The van der Waals surface area contributed by atoms with E-state index in [0.717, 1.165) is 19.3 Å². The number of anilines is 1. The number of benzene rings is 1. The first-order valence-electron chi connectivity index (χ1n) is 8.24. The van der Waals surface area contributed by atoms with Crippen LogP contribution in [0.1, 0.15) is 17.5 Å². The molecule has 1 aliphatic rings. The van der Waals surface area contributed by atoms with Gasteiger partial charge in [-0.15, -0.1) is 0 Å². The van der Waals surface area contributed by atoms with Crippen molar-refractivity contribution >= 4 is 11.7 Å². The maximum atomic E-state index is 12.2. The lowest BCUT2D eigenvalue weighted by Gasteiger charge is -2.25. The molecule has 1 aromatic carbocycles. The van der Waals surface area contributed by atoms with Crippen LogP contribution in [0.3, 0.4) is 0 Å². The first kappa shape index (κ1) is 15.3. The number of rotatable bonds is 3. The van der Waals surface area contributed by atoms with Crippen molar-refractivity contribution in [2.75, 3.05) is 5.32 Å². The van der Waals surface area contributed by atoms with Crippen LogP contribution in [0.15, 0.2) is 55.1 Å². The first-order chi connectivity index (χ1) is 12.3. The predicted octanol–water partition coefficient (Wildman–Crippen LogP) is 2.34. The minimum absolute atomic E-state index is 0.141. The van der Waals surface area contributed by atoms with Crippen LogP contribution < -0.4 is 10.6 Å². The van der Waals surface area contributed by atoms with Crippen LogP contribution in [-0.2, 0) is 12.8 Å². The first-order valence-corrected chi connectivity index (χ1v) is 8.24. The van der Waals surface area contributed by atoms with E-state index in [2.05, 4.69) is 43.9 Å². The molecule has 0 aliphatic heterocycles. The Morgan fingerprint density at radius 1 is 1.12 bits per heavy atom. The van der Waals surface area contributed by atoms with Gasteiger partial charge in [0, 0.05) is 18.4 Å². The number of hydrogen-bond acceptors (Lipinski definition) is 4. The van der Waals surface area contributed by atoms with E-state index in [9.17, 15) is 4.79 Å². The van der Waals surface area contributed by atoms with E-state index in [1.165, 1.54) is 15.8 Å². The lowest BCUT2D eigenvalue weighted by Crippen LogP contribution is -2.41. The van der Waals surface area contributed by atoms with E-state index < -0.39 is 0 Å². The van der Waals surface area contributed by atoms with Gasteiger partial charge in [0.1, 0.15) is 0 Å². The Morgan fingerprint density at radius 2 is 1.92 bits per heavy atom. The smallest absolute Gasteiger partial charge is 0.319 e. The van der Waals surface area contributed by atoms with Crippen LogP contribution in [0.2, 0.25) is 0 Å². The zero-order chi connectivity index (χ0) is 17.1. The molecule has 7 heteroatoms. The molecule has 1 atom stereocenters. The summed E-state index contributed by atoms with van der Waals surface area (Å²) in [6.07, 6.45) is 9.35. The molecule has 2 amide bonds. The summed E-state index contributed by atoms with van der Waals surface area (Å²) in [7, 11) is 0. The van der Waals surface area contributed by atoms with Crippen LogP contribution in [0, 0.1) is 0 Å². The summed E-state index contributed by atoms with van der Waals surface area (Å²) in [6, 6.07) is 10.0. The predicted molar refractivity (Wildman–Crippen MR) is 93.6 cm³/mol. The molecular weight excluding hydrogens is 316 g/mol. The highest BCUT2D eigenvalue weighted by Gasteiger charge is 2.20. The van der Waals surface area contributed by atoms with Gasteiger partial charge in [0.25, 0.3) is 0 Å². The molecule has 25 heavy (non-hydrogen) atoms. The molecule has 3 aromatic rings. The fourth-order valence-electron chi connectivity index (χ4n) is 3.08. The number of nitrogens with one attached hydrogen (secondary N) is 2. The van der Waals surface area contributed by atoms with Gasteiger partial charge in [0.05, 0.1) is 18.1 Å². The summed E-state index contributed by atoms with van der Waals surface area (Å²) in [6.45, 7) is 0. The molecule has 7 nitrogen and oxygen atoms in total. The Morgan fingerprint density at radius 3 is 2.76 bits per heavy atom. The summed E-state index contributed by atoms with van der Waals surface area (Å²) in [5.74, 6) is 0.458. The van der Waals surface area contributed by atoms with E-state index in [1.807, 2.05) is 6.07 Å². The largest absolute Gasteiger partial charge is 0.335 e. The lowest BCUT2D eigenvalue weighted by molar-refractivity contribution is 0.247. The Kier molecular flexibility index (Phi) is 4.12. The van der Waals surface area contributed by atoms with E-state index in [0.29, 0.717) is 11.6 Å². The third-order valence-electron chi connectivity index (χ3n) is 4.28. The average Bonchev–Trinajstić information content (AvgIpc) is 3.10. The Balaban J connectivity index is 1.36. The summed E-state index contributed by atoms with van der Waals surface area (Å²) < 4.78 is 1.52. The minimum atomic E-state index is -0.224. The number of aromatic nitrogens is 4. The van der Waals surface area contributed by atoms with E-state index in [4.69, 9.17) is 0 Å². The molecule has 0 bridgehead atoms. The Bertz CT molecular complexity index is 876. The molecule has 0 saturated carbocycles. The molecule has 0 saturated heterocycles. The number of aryl methyl sites for hydroxylation is 1. The molecular formula is C18H18N6O. The lowest BCUT2D eigenvalue weighted by atomic mass is 9.88. The topological polar surface area (TPSA) is 84.7 Å². The monoisotopic (exact) mass is 334 g/mol. The highest BCUT2D eigenvalue weighted by Crippen LogP contribution is 2.21. The van der Waals surface area contributed by atoms with Crippen molar-refractivity contribution in [3.63, 3.8) is 0 Å². The van der Waals surface area contributed by atoms with Crippen molar-refractivity contribution in [3.8, 4) is 5.95 Å². The third kappa shape index (κ3) is 3.50. The Hall–Kier alpha value is -3.22. The van der Waals surface area contributed by atoms with Gasteiger partial charge in [-0.2, -0.15) is 5.10 Å². The van der Waals surface area contributed by atoms with Gasteiger partial charge < -0.3 is 10.6 Å². The Labute approximate surface area is 145 Å². The van der Waals surface area contributed by atoms with Crippen molar-refractivity contribution < 1.29 is 4.79 Å². The van der Waals surface area contributed by atoms with Crippen LogP contribution in [-0.4, -0.2) is 31.8 Å². The average molecular weight is 334 g/mol. The second-order valence-corrected chi connectivity index (χ2v) is 6.03. The third-order valence-corrected chi connectivity index (χ3v) is 4.28. The van der Waals surface area contributed by atoms with Crippen molar-refractivity contribution in [2.24, 2.45) is 0 Å². The fourth-order valence-corrected chi connectivity index (χ4v) is 3.08. The van der Waals surface area contributed by atoms with Crippen molar-refractivity contribution in [1.82, 2.24) is 25.1 Å². The molecule has 2 heterocycles. The van der Waals surface area contributed by atoms with Crippen molar-refractivity contribution in [2.45, 2.75) is 25.3 Å². The highest BCUT2D eigenvalue weighted by atomic mass is 16.2. The SMILES string of the molecule is O=C(Nc1cnn(-c2ncccn2)c1)N[C@H]1CCc2ccccc2C1. The van der Waals surface area contributed by atoms with Gasteiger partial charge in [0.15, 0.2) is 0 Å². The van der Waals surface area contributed by atoms with Gasteiger partial charge >= 0.3 is 6.03 Å². The minimum Gasteiger partial charge on any atom is -0.335 e. The molecule has 2 aromatic heterocycles. The quantitative estimate of drug-likeness (QED) is 0.770. The summed E-state index contributed by atoms with van der Waals surface area (Å²) in [4.78, 5) is 20.5. The number of fused-ring (bicyclic) bond motifs is 1. The summed E-state index contributed by atoms with van der Waals surface area (Å²) in [5.41, 5.74) is 3.29. The van der Waals surface area contributed by atoms with Gasteiger partial charge in [0.2, 0.25) is 5.95 Å². The summed E-state index contributed by atoms with van der Waals surface area (Å²) >= 11 is 0. The van der Waals surface area contributed by atoms with Crippen LogP contribution in [0.4, 0.5) is 10.5 Å². The maximum Gasteiger partial charge on any atom is 0.319 e. The zero-order valence-corrected chi connectivity index (χ0v) is 13.6. The van der Waals surface area contributed by atoms with Crippen LogP contribution in [0.5, 0.6) is 0 Å². The van der Waals surface area contributed by atoms with Gasteiger partial charge in [-0.05, 0) is 36.5 Å². The number of urea groups is 1. The second kappa shape index (κ2) is 6.72.